The van der Waals surface area contributed by atoms with Gasteiger partial charge in [0.1, 0.15) is 11.5 Å². The Hall–Kier alpha value is -2.43. The van der Waals surface area contributed by atoms with E-state index in [1.807, 2.05) is 0 Å². The Bertz CT molecular complexity index is 1140. The zero-order valence-corrected chi connectivity index (χ0v) is 17.6. The van der Waals surface area contributed by atoms with Crippen LogP contribution in [-0.2, 0) is 16.4 Å². The second kappa shape index (κ2) is 7.90. The monoisotopic (exact) mass is 440 g/mol. The van der Waals surface area contributed by atoms with Crippen molar-refractivity contribution in [3.8, 4) is 10.4 Å². The summed E-state index contributed by atoms with van der Waals surface area (Å²) in [6.45, 7) is 3.76. The molecule has 0 radical (unpaired) electrons. The summed E-state index contributed by atoms with van der Waals surface area (Å²) in [5.41, 5.74) is 1.93. The molecule has 3 aromatic rings. The van der Waals surface area contributed by atoms with Crippen LogP contribution < -0.4 is 10.6 Å². The van der Waals surface area contributed by atoms with Gasteiger partial charge < -0.3 is 9.84 Å². The molecule has 3 rings (SSSR count). The fourth-order valence-corrected chi connectivity index (χ4v) is 4.72. The number of aromatic nitrogens is 2. The molecule has 2 aromatic heterocycles. The highest BCUT2D eigenvalue weighted by Gasteiger charge is 2.17. The number of urea groups is 1. The molecular weight excluding hydrogens is 424 g/mol. The third-order valence-corrected chi connectivity index (χ3v) is 6.42. The van der Waals surface area contributed by atoms with Crippen LogP contribution in [-0.4, -0.2) is 30.8 Å². The van der Waals surface area contributed by atoms with Gasteiger partial charge in [-0.05, 0) is 31.5 Å². The van der Waals surface area contributed by atoms with Gasteiger partial charge in [0.05, 0.1) is 27.0 Å². The average molecular weight is 441 g/mol. The van der Waals surface area contributed by atoms with Gasteiger partial charge in [-0.1, -0.05) is 34.2 Å². The number of anilines is 1. The number of amides is 2. The Kier molecular flexibility index (Phi) is 5.73. The number of hydrogen-bond donors (Lipinski definition) is 2. The maximum absolute atomic E-state index is 12.1. The largest absolute Gasteiger partial charge is 0.361 e. The molecule has 1 aromatic carbocycles. The fourth-order valence-electron chi connectivity index (χ4n) is 2.46. The third kappa shape index (κ3) is 4.70. The van der Waals surface area contributed by atoms with E-state index in [9.17, 15) is 13.2 Å². The highest BCUT2D eigenvalue weighted by atomic mass is 35.5. The number of benzene rings is 1. The molecule has 11 heteroatoms. The van der Waals surface area contributed by atoms with Gasteiger partial charge in [-0.2, -0.15) is 0 Å². The molecule has 2 heterocycles. The maximum atomic E-state index is 12.1. The molecule has 0 aliphatic rings. The quantitative estimate of drug-likeness (QED) is 0.623. The number of hydrogen-bond acceptors (Lipinski definition) is 7. The lowest BCUT2D eigenvalue weighted by atomic mass is 10.2. The van der Waals surface area contributed by atoms with Crippen molar-refractivity contribution in [3.05, 3.63) is 46.4 Å². The Morgan fingerprint density at radius 3 is 2.68 bits per heavy atom. The predicted molar refractivity (Wildman–Crippen MR) is 108 cm³/mol. The van der Waals surface area contributed by atoms with E-state index in [1.54, 1.807) is 26.0 Å². The zero-order valence-electron chi connectivity index (χ0n) is 15.2. The van der Waals surface area contributed by atoms with E-state index in [-0.39, 0.29) is 16.5 Å². The molecule has 148 valence electrons. The first kappa shape index (κ1) is 20.3. The molecular formula is C17H17ClN4O4S2. The predicted octanol–water partition coefficient (Wildman–Crippen LogP) is 3.79. The summed E-state index contributed by atoms with van der Waals surface area (Å²) in [5, 5.41) is 9.67. The molecule has 0 unspecified atom stereocenters. The summed E-state index contributed by atoms with van der Waals surface area (Å²) in [6, 6.07) is 6.05. The van der Waals surface area contributed by atoms with Crippen molar-refractivity contribution in [2.45, 2.75) is 25.3 Å². The van der Waals surface area contributed by atoms with Crippen LogP contribution >= 0.6 is 22.9 Å². The number of thiazole rings is 1. The summed E-state index contributed by atoms with van der Waals surface area (Å²) in [5.74, 6) is 0.661. The lowest BCUT2D eigenvalue weighted by Crippen LogP contribution is -2.28. The van der Waals surface area contributed by atoms with E-state index in [4.69, 9.17) is 16.1 Å². The molecule has 0 saturated heterocycles. The van der Waals surface area contributed by atoms with Gasteiger partial charge in [0.25, 0.3) is 0 Å². The van der Waals surface area contributed by atoms with Gasteiger partial charge in [0, 0.05) is 12.3 Å². The first-order valence-corrected chi connectivity index (χ1v) is 11.2. The minimum atomic E-state index is -3.46. The number of carbonyl (C=O) groups excluding carboxylic acids is 1. The van der Waals surface area contributed by atoms with Gasteiger partial charge in [0.2, 0.25) is 0 Å². The van der Waals surface area contributed by atoms with Gasteiger partial charge in [-0.3, -0.25) is 5.32 Å². The van der Waals surface area contributed by atoms with Gasteiger partial charge >= 0.3 is 6.03 Å². The van der Waals surface area contributed by atoms with Crippen LogP contribution in [0.2, 0.25) is 5.02 Å². The van der Waals surface area contributed by atoms with Crippen molar-refractivity contribution in [1.82, 2.24) is 15.5 Å². The molecule has 2 amide bonds. The number of nitrogens with one attached hydrogen (secondary N) is 2. The van der Waals surface area contributed by atoms with Crippen LogP contribution in [0.25, 0.3) is 10.4 Å². The van der Waals surface area contributed by atoms with Crippen molar-refractivity contribution in [3.63, 3.8) is 0 Å². The lowest BCUT2D eigenvalue weighted by Gasteiger charge is -2.05. The van der Waals surface area contributed by atoms with Gasteiger partial charge in [-0.25, -0.2) is 18.2 Å². The molecule has 0 aliphatic heterocycles. The van der Waals surface area contributed by atoms with Crippen molar-refractivity contribution in [2.75, 3.05) is 11.6 Å². The number of sulfone groups is 1. The second-order valence-electron chi connectivity index (χ2n) is 6.09. The highest BCUT2D eigenvalue weighted by molar-refractivity contribution is 7.90. The molecule has 8 nitrogen and oxygen atoms in total. The third-order valence-electron chi connectivity index (χ3n) is 3.72. The van der Waals surface area contributed by atoms with Crippen LogP contribution in [0.5, 0.6) is 0 Å². The Labute approximate surface area is 170 Å². The van der Waals surface area contributed by atoms with E-state index < -0.39 is 15.9 Å². The molecule has 0 saturated carbocycles. The Morgan fingerprint density at radius 2 is 2.04 bits per heavy atom. The fraction of sp³-hybridized carbons (Fsp3) is 0.235. The molecule has 0 fully saturated rings. The molecule has 28 heavy (non-hydrogen) atoms. The number of halogens is 1. The van der Waals surface area contributed by atoms with Gasteiger partial charge in [0.15, 0.2) is 15.0 Å². The van der Waals surface area contributed by atoms with E-state index in [2.05, 4.69) is 20.8 Å². The Morgan fingerprint density at radius 1 is 1.29 bits per heavy atom. The maximum Gasteiger partial charge on any atom is 0.321 e. The number of carbonyl (C=O) groups is 1. The standard InChI is InChI=1S/C17H17ClN4O4S2/c1-9-6-12(22-26-9)8-19-16(23)21-17-20-10(2)15(27-17)11-4-5-13(18)14(7-11)28(3,24)25/h4-7H,8H2,1-3H3,(H2,19,20,21,23). The minimum absolute atomic E-state index is 0.0506. The van der Waals surface area contributed by atoms with Crippen LogP contribution in [0, 0.1) is 13.8 Å². The number of rotatable bonds is 5. The van der Waals surface area contributed by atoms with Crippen LogP contribution in [0.1, 0.15) is 17.1 Å². The van der Waals surface area contributed by atoms with Crippen LogP contribution in [0.4, 0.5) is 9.93 Å². The van der Waals surface area contributed by atoms with Crippen molar-refractivity contribution >= 4 is 43.9 Å². The van der Waals surface area contributed by atoms with Crippen molar-refractivity contribution in [2.24, 2.45) is 0 Å². The molecule has 0 bridgehead atoms. The average Bonchev–Trinajstić information content (AvgIpc) is 3.18. The highest BCUT2D eigenvalue weighted by Crippen LogP contribution is 2.35. The van der Waals surface area contributed by atoms with Gasteiger partial charge in [-0.15, -0.1) is 0 Å². The Balaban J connectivity index is 1.75. The first-order chi connectivity index (χ1) is 13.1. The molecule has 0 aliphatic carbocycles. The number of nitrogens with zero attached hydrogens (tertiary/aromatic N) is 2. The smallest absolute Gasteiger partial charge is 0.321 e. The normalized spacial score (nSPS) is 11.4. The van der Waals surface area contributed by atoms with E-state index in [0.29, 0.717) is 27.8 Å². The van der Waals surface area contributed by atoms with Crippen LogP contribution in [0.15, 0.2) is 33.7 Å². The lowest BCUT2D eigenvalue weighted by molar-refractivity contribution is 0.251. The summed E-state index contributed by atoms with van der Waals surface area (Å²) < 4.78 is 28.7. The SMILES string of the molecule is Cc1cc(CNC(=O)Nc2nc(C)c(-c3ccc(Cl)c(S(C)(=O)=O)c3)s2)no1. The first-order valence-electron chi connectivity index (χ1n) is 8.08. The minimum Gasteiger partial charge on any atom is -0.361 e. The summed E-state index contributed by atoms with van der Waals surface area (Å²) >= 11 is 7.24. The summed E-state index contributed by atoms with van der Waals surface area (Å²) in [4.78, 5) is 17.2. The van der Waals surface area contributed by atoms with E-state index >= 15 is 0 Å². The zero-order chi connectivity index (χ0) is 20.5. The molecule has 0 atom stereocenters. The van der Waals surface area contributed by atoms with Crippen LogP contribution in [0.3, 0.4) is 0 Å². The second-order valence-corrected chi connectivity index (χ2v) is 9.48. The summed E-state index contributed by atoms with van der Waals surface area (Å²) in [7, 11) is -3.46. The van der Waals surface area contributed by atoms with Crippen molar-refractivity contribution < 1.29 is 17.7 Å². The topological polar surface area (TPSA) is 114 Å². The number of aryl methyl sites for hydroxylation is 2. The molecule has 2 N–H and O–H groups in total. The van der Waals surface area contributed by atoms with E-state index in [1.165, 1.54) is 23.5 Å². The van der Waals surface area contributed by atoms with Crippen molar-refractivity contribution in [1.29, 1.82) is 0 Å². The molecule has 0 spiro atoms. The summed E-state index contributed by atoms with van der Waals surface area (Å²) in [6.07, 6.45) is 1.10. The van der Waals surface area contributed by atoms with E-state index in [0.717, 1.165) is 11.1 Å².